The Morgan fingerprint density at radius 2 is 1.86 bits per heavy atom. The molecule has 0 saturated heterocycles. The van der Waals surface area contributed by atoms with E-state index in [9.17, 15) is 0 Å². The second kappa shape index (κ2) is 3.67. The van der Waals surface area contributed by atoms with Crippen LogP contribution in [0.25, 0.3) is 11.3 Å². The third-order valence-electron chi connectivity index (χ3n) is 1.87. The van der Waals surface area contributed by atoms with Gasteiger partial charge in [0.2, 0.25) is 0 Å². The second-order valence-electron chi connectivity index (χ2n) is 2.78. The third kappa shape index (κ3) is 1.59. The summed E-state index contributed by atoms with van der Waals surface area (Å²) < 4.78 is 0. The van der Waals surface area contributed by atoms with Crippen LogP contribution in [-0.4, -0.2) is 9.97 Å². The first kappa shape index (κ1) is 8.39. The molecule has 0 fully saturated rings. The van der Waals surface area contributed by atoms with Gasteiger partial charge in [0.1, 0.15) is 0 Å². The minimum absolute atomic E-state index is 0.651. The van der Waals surface area contributed by atoms with E-state index in [1.165, 1.54) is 0 Å². The smallest absolute Gasteiger partial charge is 0.0991 e. The number of nitriles is 1. The average Bonchev–Trinajstić information content (AvgIpc) is 2.30. The van der Waals surface area contributed by atoms with Gasteiger partial charge in [-0.25, -0.2) is 0 Å². The van der Waals surface area contributed by atoms with Crippen LogP contribution >= 0.6 is 0 Å². The first-order chi connectivity index (χ1) is 6.90. The predicted octanol–water partition coefficient (Wildman–Crippen LogP) is 2.02. The zero-order valence-corrected chi connectivity index (χ0v) is 7.38. The summed E-state index contributed by atoms with van der Waals surface area (Å²) in [6, 6.07) is 9.33. The first-order valence-corrected chi connectivity index (χ1v) is 4.17. The number of hydrogen-bond donors (Lipinski definition) is 0. The lowest BCUT2D eigenvalue weighted by Crippen LogP contribution is -1.84. The molecule has 0 aliphatic carbocycles. The van der Waals surface area contributed by atoms with E-state index in [0.717, 1.165) is 11.3 Å². The van der Waals surface area contributed by atoms with Crippen molar-refractivity contribution < 1.29 is 0 Å². The molecule has 3 heteroatoms. The zero-order valence-electron chi connectivity index (χ0n) is 7.38. The van der Waals surface area contributed by atoms with Gasteiger partial charge in [-0.05, 0) is 12.1 Å². The van der Waals surface area contributed by atoms with Crippen LogP contribution in [0.1, 0.15) is 5.56 Å². The average molecular weight is 181 g/mol. The molecule has 1 aromatic carbocycles. The van der Waals surface area contributed by atoms with Gasteiger partial charge in [0.05, 0.1) is 23.5 Å². The molecule has 0 spiro atoms. The molecule has 0 amide bonds. The Labute approximate surface area is 81.7 Å². The summed E-state index contributed by atoms with van der Waals surface area (Å²) in [5.41, 5.74) is 2.44. The highest BCUT2D eigenvalue weighted by molar-refractivity contribution is 5.58. The summed E-state index contributed by atoms with van der Waals surface area (Å²) >= 11 is 0. The quantitative estimate of drug-likeness (QED) is 0.676. The lowest BCUT2D eigenvalue weighted by atomic mass is 10.1. The van der Waals surface area contributed by atoms with Crippen LogP contribution in [0.5, 0.6) is 0 Å². The molecule has 0 aliphatic rings. The van der Waals surface area contributed by atoms with Crippen molar-refractivity contribution in [3.63, 3.8) is 0 Å². The minimum atomic E-state index is 0.651. The van der Waals surface area contributed by atoms with Gasteiger partial charge in [0.25, 0.3) is 0 Å². The zero-order chi connectivity index (χ0) is 9.80. The Morgan fingerprint density at radius 1 is 1.07 bits per heavy atom. The fraction of sp³-hybridized carbons (Fsp3) is 0. The fourth-order valence-corrected chi connectivity index (χ4v) is 1.16. The lowest BCUT2D eigenvalue weighted by molar-refractivity contribution is 1.21. The Hall–Kier alpha value is -2.21. The summed E-state index contributed by atoms with van der Waals surface area (Å²) in [6.45, 7) is 0. The Bertz CT molecular complexity index is 454. The number of hydrogen-bond acceptors (Lipinski definition) is 3. The molecular weight excluding hydrogens is 174 g/mol. The molecule has 1 aromatic heterocycles. The Balaban J connectivity index is 2.40. The highest BCUT2D eigenvalue weighted by Gasteiger charge is 1.97. The van der Waals surface area contributed by atoms with E-state index >= 15 is 0 Å². The fourth-order valence-electron chi connectivity index (χ4n) is 1.16. The summed E-state index contributed by atoms with van der Waals surface area (Å²) in [5.74, 6) is 0. The van der Waals surface area contributed by atoms with E-state index < -0.39 is 0 Å². The molecule has 2 rings (SSSR count). The van der Waals surface area contributed by atoms with Crippen molar-refractivity contribution in [3.05, 3.63) is 48.4 Å². The molecule has 0 atom stereocenters. The summed E-state index contributed by atoms with van der Waals surface area (Å²) in [4.78, 5) is 8.14. The molecule has 0 unspecified atom stereocenters. The standard InChI is InChI=1S/C11H7N3/c12-7-9-1-3-10(4-2-9)11-8-13-5-6-14-11/h1-6,8H. The van der Waals surface area contributed by atoms with Gasteiger partial charge in [-0.1, -0.05) is 12.1 Å². The SMILES string of the molecule is N#Cc1ccc(-c2cnccn2)cc1. The second-order valence-corrected chi connectivity index (χ2v) is 2.78. The van der Waals surface area contributed by atoms with Gasteiger partial charge < -0.3 is 0 Å². The molecule has 0 saturated carbocycles. The number of aromatic nitrogens is 2. The molecule has 0 bridgehead atoms. The van der Waals surface area contributed by atoms with Crippen LogP contribution in [-0.2, 0) is 0 Å². The summed E-state index contributed by atoms with van der Waals surface area (Å²) in [5, 5.41) is 8.62. The van der Waals surface area contributed by atoms with E-state index in [2.05, 4.69) is 16.0 Å². The third-order valence-corrected chi connectivity index (χ3v) is 1.87. The monoisotopic (exact) mass is 181 g/mol. The first-order valence-electron chi connectivity index (χ1n) is 4.17. The van der Waals surface area contributed by atoms with Crippen LogP contribution in [0.2, 0.25) is 0 Å². The van der Waals surface area contributed by atoms with Crippen molar-refractivity contribution in [1.82, 2.24) is 9.97 Å². The number of rotatable bonds is 1. The van der Waals surface area contributed by atoms with E-state index in [4.69, 9.17) is 5.26 Å². The number of nitrogens with zero attached hydrogens (tertiary/aromatic N) is 3. The van der Waals surface area contributed by atoms with Crippen LogP contribution in [0.3, 0.4) is 0 Å². The Morgan fingerprint density at radius 3 is 2.43 bits per heavy atom. The number of benzene rings is 1. The summed E-state index contributed by atoms with van der Waals surface area (Å²) in [6.07, 6.45) is 4.97. The van der Waals surface area contributed by atoms with Gasteiger partial charge in [0.15, 0.2) is 0 Å². The molecule has 0 radical (unpaired) electrons. The normalized spacial score (nSPS) is 9.36. The molecule has 3 nitrogen and oxygen atoms in total. The van der Waals surface area contributed by atoms with Gasteiger partial charge >= 0.3 is 0 Å². The van der Waals surface area contributed by atoms with E-state index in [1.54, 1.807) is 30.7 Å². The van der Waals surface area contributed by atoms with Crippen molar-refractivity contribution in [2.75, 3.05) is 0 Å². The van der Waals surface area contributed by atoms with Crippen molar-refractivity contribution in [3.8, 4) is 17.3 Å². The van der Waals surface area contributed by atoms with Crippen molar-refractivity contribution >= 4 is 0 Å². The van der Waals surface area contributed by atoms with Crippen LogP contribution in [0.4, 0.5) is 0 Å². The van der Waals surface area contributed by atoms with Gasteiger partial charge in [0, 0.05) is 18.0 Å². The maximum atomic E-state index is 8.62. The predicted molar refractivity (Wildman–Crippen MR) is 52.2 cm³/mol. The van der Waals surface area contributed by atoms with Crippen molar-refractivity contribution in [2.45, 2.75) is 0 Å². The van der Waals surface area contributed by atoms with E-state index in [-0.39, 0.29) is 0 Å². The Kier molecular flexibility index (Phi) is 2.20. The molecule has 0 aliphatic heterocycles. The maximum absolute atomic E-state index is 8.62. The highest BCUT2D eigenvalue weighted by Crippen LogP contribution is 2.15. The van der Waals surface area contributed by atoms with E-state index in [1.807, 2.05) is 12.1 Å². The van der Waals surface area contributed by atoms with Gasteiger partial charge in [-0.3, -0.25) is 9.97 Å². The minimum Gasteiger partial charge on any atom is -0.261 e. The molecular formula is C11H7N3. The largest absolute Gasteiger partial charge is 0.261 e. The van der Waals surface area contributed by atoms with E-state index in [0.29, 0.717) is 5.56 Å². The maximum Gasteiger partial charge on any atom is 0.0991 e. The molecule has 1 heterocycles. The van der Waals surface area contributed by atoms with Gasteiger partial charge in [-0.2, -0.15) is 5.26 Å². The van der Waals surface area contributed by atoms with Crippen LogP contribution < -0.4 is 0 Å². The highest BCUT2D eigenvalue weighted by atomic mass is 14.8. The molecule has 2 aromatic rings. The van der Waals surface area contributed by atoms with Crippen LogP contribution in [0, 0.1) is 11.3 Å². The molecule has 66 valence electrons. The molecule has 14 heavy (non-hydrogen) atoms. The van der Waals surface area contributed by atoms with Crippen LogP contribution in [0.15, 0.2) is 42.9 Å². The summed E-state index contributed by atoms with van der Waals surface area (Å²) in [7, 11) is 0. The topological polar surface area (TPSA) is 49.6 Å². The molecule has 0 N–H and O–H groups in total. The van der Waals surface area contributed by atoms with Gasteiger partial charge in [-0.15, -0.1) is 0 Å². The lowest BCUT2D eigenvalue weighted by Gasteiger charge is -1.98. The van der Waals surface area contributed by atoms with Crippen molar-refractivity contribution in [1.29, 1.82) is 5.26 Å². The van der Waals surface area contributed by atoms with Crippen molar-refractivity contribution in [2.24, 2.45) is 0 Å².